The van der Waals surface area contributed by atoms with Crippen molar-refractivity contribution in [1.29, 1.82) is 0 Å². The fourth-order valence-electron chi connectivity index (χ4n) is 1.86. The topological polar surface area (TPSA) is 0 Å². The molecule has 0 spiro atoms. The van der Waals surface area contributed by atoms with E-state index in [-0.39, 0.29) is 0 Å². The van der Waals surface area contributed by atoms with Gasteiger partial charge in [-0.05, 0) is 0 Å². The van der Waals surface area contributed by atoms with Crippen molar-refractivity contribution < 1.29 is 0 Å². The van der Waals surface area contributed by atoms with Crippen LogP contribution < -0.4 is 0 Å². The Morgan fingerprint density at radius 1 is 1.24 bits per heavy atom. The van der Waals surface area contributed by atoms with Crippen molar-refractivity contribution in [3.8, 4) is 11.8 Å². The van der Waals surface area contributed by atoms with Gasteiger partial charge in [0.1, 0.15) is 0 Å². The number of hydrogen-bond acceptors (Lipinski definition) is 0. The van der Waals surface area contributed by atoms with Gasteiger partial charge in [-0.2, -0.15) is 0 Å². The molecule has 0 saturated carbocycles. The van der Waals surface area contributed by atoms with E-state index in [1.807, 2.05) is 0 Å². The van der Waals surface area contributed by atoms with Gasteiger partial charge in [0.05, 0.1) is 0 Å². The molecule has 2 rings (SSSR count). The van der Waals surface area contributed by atoms with Crippen LogP contribution in [-0.2, 0) is 0 Å². The third-order valence-corrected chi connectivity index (χ3v) is 5.28. The van der Waals surface area contributed by atoms with E-state index in [0.29, 0.717) is 15.0 Å². The van der Waals surface area contributed by atoms with Gasteiger partial charge in [0.25, 0.3) is 0 Å². The van der Waals surface area contributed by atoms with Gasteiger partial charge in [0, 0.05) is 0 Å². The summed E-state index contributed by atoms with van der Waals surface area (Å²) in [5.74, 6) is 6.74. The Labute approximate surface area is 111 Å². The molecule has 88 valence electrons. The summed E-state index contributed by atoms with van der Waals surface area (Å²) in [6.45, 7) is 2.22. The van der Waals surface area contributed by atoms with Gasteiger partial charge in [-0.25, -0.2) is 0 Å². The third-order valence-electron chi connectivity index (χ3n) is 2.80. The maximum atomic E-state index is 3.41. The number of rotatable bonds is 3. The minimum atomic E-state index is 0.635. The van der Waals surface area contributed by atoms with E-state index >= 15 is 0 Å². The molecular formula is C16H18Se. The molecule has 1 aliphatic rings. The molecule has 0 nitrogen and oxygen atoms in total. The second kappa shape index (κ2) is 6.70. The Balaban J connectivity index is 2.15. The summed E-state index contributed by atoms with van der Waals surface area (Å²) in [6.07, 6.45) is 4.72. The quantitative estimate of drug-likeness (QED) is 0.446. The molecule has 0 bridgehead atoms. The van der Waals surface area contributed by atoms with Gasteiger partial charge in [-0.1, -0.05) is 0 Å². The van der Waals surface area contributed by atoms with Crippen molar-refractivity contribution in [2.24, 2.45) is 0 Å². The second-order valence-corrected chi connectivity index (χ2v) is 6.50. The van der Waals surface area contributed by atoms with Gasteiger partial charge in [-0.15, -0.1) is 0 Å². The Hall–Kier alpha value is -0.961. The van der Waals surface area contributed by atoms with Crippen molar-refractivity contribution in [1.82, 2.24) is 0 Å². The van der Waals surface area contributed by atoms with E-state index in [1.165, 1.54) is 35.7 Å². The molecule has 1 aromatic carbocycles. The molecular weight excluding hydrogens is 271 g/mol. The Bertz CT molecular complexity index is 445. The van der Waals surface area contributed by atoms with E-state index in [4.69, 9.17) is 0 Å². The number of hydrogen-bond donors (Lipinski definition) is 0. The van der Waals surface area contributed by atoms with Gasteiger partial charge in [0.15, 0.2) is 0 Å². The molecule has 0 unspecified atom stereocenters. The van der Waals surface area contributed by atoms with Crippen LogP contribution in [-0.4, -0.2) is 15.0 Å². The van der Waals surface area contributed by atoms with Crippen molar-refractivity contribution in [2.45, 2.75) is 37.9 Å². The molecule has 0 radical (unpaired) electrons. The molecule has 1 heterocycles. The van der Waals surface area contributed by atoms with E-state index < -0.39 is 0 Å². The molecule has 1 aromatic rings. The van der Waals surface area contributed by atoms with Crippen molar-refractivity contribution in [3.05, 3.63) is 41.5 Å². The number of allylic oxidation sites excluding steroid dienone is 1. The molecule has 1 heteroatoms. The van der Waals surface area contributed by atoms with E-state index in [1.54, 1.807) is 4.47 Å². The SMILES string of the molecule is CCCCC#CC1=C(c2ccccc2)[Se]CC1. The van der Waals surface area contributed by atoms with Crippen LogP contribution in [0.3, 0.4) is 0 Å². The zero-order chi connectivity index (χ0) is 11.9. The average molecular weight is 289 g/mol. The first-order valence-electron chi connectivity index (χ1n) is 6.32. The minimum absolute atomic E-state index is 0.635. The van der Waals surface area contributed by atoms with Gasteiger partial charge < -0.3 is 0 Å². The number of unbranched alkanes of at least 4 members (excludes halogenated alkanes) is 2. The first-order valence-corrected chi connectivity index (χ1v) is 8.39. The summed E-state index contributed by atoms with van der Waals surface area (Å²) < 4.78 is 1.54. The molecule has 0 fully saturated rings. The summed E-state index contributed by atoms with van der Waals surface area (Å²) in [5, 5.41) is 1.33. The van der Waals surface area contributed by atoms with Crippen LogP contribution in [0.25, 0.3) is 4.47 Å². The fraction of sp³-hybridized carbons (Fsp3) is 0.375. The Morgan fingerprint density at radius 3 is 2.82 bits per heavy atom. The number of benzene rings is 1. The molecule has 0 aliphatic carbocycles. The van der Waals surface area contributed by atoms with Crippen LogP contribution >= 0.6 is 0 Å². The summed E-state index contributed by atoms with van der Waals surface area (Å²) in [6, 6.07) is 10.8. The average Bonchev–Trinajstić information content (AvgIpc) is 2.84. The van der Waals surface area contributed by atoms with Gasteiger partial charge >= 0.3 is 111 Å². The van der Waals surface area contributed by atoms with Crippen LogP contribution in [0.15, 0.2) is 35.9 Å². The first-order chi connectivity index (χ1) is 8.42. The molecule has 0 atom stereocenters. The molecule has 0 N–H and O–H groups in total. The standard InChI is InChI=1S/C16H18Se/c1-2-3-4-6-11-15-12-13-17-16(15)14-9-7-5-8-10-14/h5,7-10H,2-4,12-13H2,1H3. The van der Waals surface area contributed by atoms with Crippen molar-refractivity contribution >= 4 is 19.4 Å². The van der Waals surface area contributed by atoms with Crippen LogP contribution in [0.1, 0.15) is 38.2 Å². The van der Waals surface area contributed by atoms with Crippen LogP contribution in [0.5, 0.6) is 0 Å². The maximum absolute atomic E-state index is 3.41. The zero-order valence-corrected chi connectivity index (χ0v) is 12.0. The molecule has 0 saturated heterocycles. The zero-order valence-electron chi connectivity index (χ0n) is 10.3. The monoisotopic (exact) mass is 290 g/mol. The van der Waals surface area contributed by atoms with E-state index in [9.17, 15) is 0 Å². The van der Waals surface area contributed by atoms with Crippen LogP contribution in [0.2, 0.25) is 5.32 Å². The first kappa shape index (κ1) is 12.5. The predicted molar refractivity (Wildman–Crippen MR) is 75.8 cm³/mol. The van der Waals surface area contributed by atoms with Crippen molar-refractivity contribution in [2.75, 3.05) is 0 Å². The summed E-state index contributed by atoms with van der Waals surface area (Å²) >= 11 is 0.635. The summed E-state index contributed by atoms with van der Waals surface area (Å²) in [4.78, 5) is 0. The van der Waals surface area contributed by atoms with Crippen molar-refractivity contribution in [3.63, 3.8) is 0 Å². The Kier molecular flexibility index (Phi) is 4.92. The predicted octanol–water partition coefficient (Wildman–Crippen LogP) is 4.12. The van der Waals surface area contributed by atoms with Crippen LogP contribution in [0.4, 0.5) is 0 Å². The van der Waals surface area contributed by atoms with E-state index in [2.05, 4.69) is 49.1 Å². The van der Waals surface area contributed by atoms with E-state index in [0.717, 1.165) is 6.42 Å². The van der Waals surface area contributed by atoms with Crippen LogP contribution in [0, 0.1) is 11.8 Å². The second-order valence-electron chi connectivity index (χ2n) is 4.18. The summed E-state index contributed by atoms with van der Waals surface area (Å²) in [5.41, 5.74) is 2.80. The third kappa shape index (κ3) is 3.50. The Morgan fingerprint density at radius 2 is 2.06 bits per heavy atom. The fourth-order valence-corrected chi connectivity index (χ4v) is 4.25. The molecule has 0 aromatic heterocycles. The molecule has 0 amide bonds. The molecule has 17 heavy (non-hydrogen) atoms. The van der Waals surface area contributed by atoms with Gasteiger partial charge in [-0.3, -0.25) is 0 Å². The normalized spacial score (nSPS) is 14.6. The van der Waals surface area contributed by atoms with Gasteiger partial charge in [0.2, 0.25) is 0 Å². The molecule has 1 aliphatic heterocycles. The summed E-state index contributed by atoms with van der Waals surface area (Å²) in [7, 11) is 0.